The Kier molecular flexibility index (Phi) is 3.34. The highest BCUT2D eigenvalue weighted by molar-refractivity contribution is 5.30. The van der Waals surface area contributed by atoms with Gasteiger partial charge in [0.25, 0.3) is 0 Å². The van der Waals surface area contributed by atoms with Gasteiger partial charge >= 0.3 is 0 Å². The lowest BCUT2D eigenvalue weighted by molar-refractivity contribution is 0.225. The second-order valence-corrected chi connectivity index (χ2v) is 7.75. The van der Waals surface area contributed by atoms with Crippen molar-refractivity contribution in [1.29, 1.82) is 0 Å². The Labute approximate surface area is 113 Å². The van der Waals surface area contributed by atoms with Gasteiger partial charge in [0.1, 0.15) is 0 Å². The average molecular weight is 244 g/mol. The molecular weight excluding hydrogens is 216 g/mol. The van der Waals surface area contributed by atoms with Gasteiger partial charge in [0.15, 0.2) is 0 Å². The van der Waals surface area contributed by atoms with Crippen molar-refractivity contribution in [1.82, 2.24) is 0 Å². The molecule has 1 saturated carbocycles. The van der Waals surface area contributed by atoms with Crippen molar-refractivity contribution in [2.45, 2.75) is 59.8 Å². The SMILES string of the molecule is CC1CC1Cc1ccc(C(C)(C)C(C)(C)C)cc1. The number of hydrogen-bond donors (Lipinski definition) is 0. The normalized spacial score (nSPS) is 24.1. The Morgan fingerprint density at radius 1 is 1.00 bits per heavy atom. The van der Waals surface area contributed by atoms with Crippen molar-refractivity contribution in [3.63, 3.8) is 0 Å². The van der Waals surface area contributed by atoms with E-state index < -0.39 is 0 Å². The maximum Gasteiger partial charge on any atom is -0.00551 e. The van der Waals surface area contributed by atoms with E-state index in [1.807, 2.05) is 0 Å². The summed E-state index contributed by atoms with van der Waals surface area (Å²) >= 11 is 0. The molecule has 2 atom stereocenters. The maximum atomic E-state index is 2.36. The summed E-state index contributed by atoms with van der Waals surface area (Å²) in [7, 11) is 0. The first-order chi connectivity index (χ1) is 8.22. The van der Waals surface area contributed by atoms with Crippen LogP contribution in [0.4, 0.5) is 0 Å². The van der Waals surface area contributed by atoms with Gasteiger partial charge in [0.05, 0.1) is 0 Å². The summed E-state index contributed by atoms with van der Waals surface area (Å²) < 4.78 is 0. The highest BCUT2D eigenvalue weighted by Gasteiger charge is 2.35. The molecule has 0 spiro atoms. The Bertz CT molecular complexity index is 403. The van der Waals surface area contributed by atoms with Crippen LogP contribution in [-0.2, 0) is 11.8 Å². The summed E-state index contributed by atoms with van der Waals surface area (Å²) in [6.45, 7) is 14.0. The minimum absolute atomic E-state index is 0.221. The highest BCUT2D eigenvalue weighted by atomic mass is 14.4. The minimum Gasteiger partial charge on any atom is -0.0622 e. The van der Waals surface area contributed by atoms with E-state index in [1.165, 1.54) is 24.0 Å². The third kappa shape index (κ3) is 2.63. The molecule has 2 unspecified atom stereocenters. The zero-order valence-corrected chi connectivity index (χ0v) is 12.9. The molecule has 0 aromatic heterocycles. The van der Waals surface area contributed by atoms with Gasteiger partial charge in [-0.05, 0) is 46.6 Å². The molecule has 0 nitrogen and oxygen atoms in total. The van der Waals surface area contributed by atoms with Crippen LogP contribution >= 0.6 is 0 Å². The monoisotopic (exact) mass is 244 g/mol. The Hall–Kier alpha value is -0.780. The van der Waals surface area contributed by atoms with Crippen LogP contribution in [-0.4, -0.2) is 0 Å². The van der Waals surface area contributed by atoms with E-state index in [2.05, 4.69) is 65.8 Å². The molecule has 1 fully saturated rings. The minimum atomic E-state index is 0.221. The van der Waals surface area contributed by atoms with Crippen LogP contribution < -0.4 is 0 Å². The van der Waals surface area contributed by atoms with Crippen LogP contribution in [0, 0.1) is 17.3 Å². The Morgan fingerprint density at radius 2 is 1.50 bits per heavy atom. The molecule has 1 aromatic carbocycles. The lowest BCUT2D eigenvalue weighted by Gasteiger charge is -2.39. The van der Waals surface area contributed by atoms with Crippen LogP contribution in [0.15, 0.2) is 24.3 Å². The van der Waals surface area contributed by atoms with Crippen molar-refractivity contribution in [3.8, 4) is 0 Å². The van der Waals surface area contributed by atoms with Crippen LogP contribution in [0.25, 0.3) is 0 Å². The molecule has 1 aliphatic rings. The van der Waals surface area contributed by atoms with Gasteiger partial charge in [-0.2, -0.15) is 0 Å². The molecule has 0 saturated heterocycles. The van der Waals surface area contributed by atoms with Gasteiger partial charge in [-0.15, -0.1) is 0 Å². The topological polar surface area (TPSA) is 0 Å². The van der Waals surface area contributed by atoms with Crippen molar-refractivity contribution < 1.29 is 0 Å². The van der Waals surface area contributed by atoms with E-state index in [0.717, 1.165) is 11.8 Å². The van der Waals surface area contributed by atoms with E-state index in [-0.39, 0.29) is 5.41 Å². The largest absolute Gasteiger partial charge is 0.0622 e. The van der Waals surface area contributed by atoms with Crippen molar-refractivity contribution in [2.75, 3.05) is 0 Å². The second-order valence-electron chi connectivity index (χ2n) is 7.75. The summed E-state index contributed by atoms with van der Waals surface area (Å²) in [5, 5.41) is 0. The maximum absolute atomic E-state index is 2.36. The molecule has 1 aromatic rings. The molecule has 0 heterocycles. The summed E-state index contributed by atoms with van der Waals surface area (Å²) in [6, 6.07) is 9.36. The van der Waals surface area contributed by atoms with E-state index in [4.69, 9.17) is 0 Å². The molecular formula is C18H28. The number of rotatable bonds is 3. The average Bonchev–Trinajstić information content (AvgIpc) is 2.93. The Morgan fingerprint density at radius 3 is 1.89 bits per heavy atom. The third-order valence-corrected chi connectivity index (χ3v) is 5.32. The van der Waals surface area contributed by atoms with Crippen molar-refractivity contribution in [2.24, 2.45) is 17.3 Å². The van der Waals surface area contributed by atoms with Gasteiger partial charge in [0, 0.05) is 0 Å². The van der Waals surface area contributed by atoms with Crippen molar-refractivity contribution >= 4 is 0 Å². The van der Waals surface area contributed by atoms with E-state index in [1.54, 1.807) is 0 Å². The van der Waals surface area contributed by atoms with Gasteiger partial charge in [0.2, 0.25) is 0 Å². The first-order valence-electron chi connectivity index (χ1n) is 7.31. The first kappa shape index (κ1) is 13.6. The highest BCUT2D eigenvalue weighted by Crippen LogP contribution is 2.42. The van der Waals surface area contributed by atoms with E-state index in [0.29, 0.717) is 5.41 Å². The van der Waals surface area contributed by atoms with Crippen LogP contribution in [0.2, 0.25) is 0 Å². The quantitative estimate of drug-likeness (QED) is 0.685. The molecule has 1 aliphatic carbocycles. The second kappa shape index (κ2) is 4.40. The molecule has 0 radical (unpaired) electrons. The van der Waals surface area contributed by atoms with E-state index in [9.17, 15) is 0 Å². The van der Waals surface area contributed by atoms with Gasteiger partial charge in [-0.1, -0.05) is 65.8 Å². The molecule has 100 valence electrons. The summed E-state index contributed by atoms with van der Waals surface area (Å²) in [4.78, 5) is 0. The number of benzene rings is 1. The summed E-state index contributed by atoms with van der Waals surface area (Å²) in [5.41, 5.74) is 3.48. The molecule has 0 heteroatoms. The zero-order valence-electron chi connectivity index (χ0n) is 12.9. The standard InChI is InChI=1S/C18H28/c1-13-11-15(13)12-14-7-9-16(10-8-14)18(5,6)17(2,3)4/h7-10,13,15H,11-12H2,1-6H3. The summed E-state index contributed by atoms with van der Waals surface area (Å²) in [6.07, 6.45) is 2.70. The van der Waals surface area contributed by atoms with Gasteiger partial charge in [-0.3, -0.25) is 0 Å². The van der Waals surface area contributed by atoms with Crippen LogP contribution in [0.1, 0.15) is 59.1 Å². The smallest absolute Gasteiger partial charge is 0.00551 e. The van der Waals surface area contributed by atoms with Crippen molar-refractivity contribution in [3.05, 3.63) is 35.4 Å². The fourth-order valence-electron chi connectivity index (χ4n) is 2.48. The zero-order chi connectivity index (χ0) is 13.6. The molecule has 0 aliphatic heterocycles. The first-order valence-corrected chi connectivity index (χ1v) is 7.31. The number of hydrogen-bond acceptors (Lipinski definition) is 0. The molecule has 0 bridgehead atoms. The molecule has 2 rings (SSSR count). The Balaban J connectivity index is 2.12. The predicted octanol–water partition coefficient (Wildman–Crippen LogP) is 5.21. The summed E-state index contributed by atoms with van der Waals surface area (Å²) in [5.74, 6) is 1.90. The third-order valence-electron chi connectivity index (χ3n) is 5.32. The molecule has 0 N–H and O–H groups in total. The molecule has 0 amide bonds. The lowest BCUT2D eigenvalue weighted by atomic mass is 9.65. The molecule has 18 heavy (non-hydrogen) atoms. The van der Waals surface area contributed by atoms with Crippen LogP contribution in [0.3, 0.4) is 0 Å². The van der Waals surface area contributed by atoms with Gasteiger partial charge in [-0.25, -0.2) is 0 Å². The fourth-order valence-corrected chi connectivity index (χ4v) is 2.48. The van der Waals surface area contributed by atoms with E-state index >= 15 is 0 Å². The fraction of sp³-hybridized carbons (Fsp3) is 0.667. The van der Waals surface area contributed by atoms with Gasteiger partial charge < -0.3 is 0 Å². The van der Waals surface area contributed by atoms with Crippen LogP contribution in [0.5, 0.6) is 0 Å². The predicted molar refractivity (Wildman–Crippen MR) is 79.9 cm³/mol. The lowest BCUT2D eigenvalue weighted by Crippen LogP contribution is -2.33.